The maximum Gasteiger partial charge on any atom is 0.250 e. The van der Waals surface area contributed by atoms with Crippen LogP contribution in [0.25, 0.3) is 16.6 Å². The van der Waals surface area contributed by atoms with Crippen molar-refractivity contribution in [3.63, 3.8) is 0 Å². The highest BCUT2D eigenvalue weighted by molar-refractivity contribution is 6.05. The molecule has 2 amide bonds. The molecule has 2 atom stereocenters. The van der Waals surface area contributed by atoms with Gasteiger partial charge >= 0.3 is 0 Å². The highest BCUT2D eigenvalue weighted by Crippen LogP contribution is 2.60. The standard InChI is InChI=1S/C29H27N5O3/c1-32-17-22(10-12-24(32)35)34-23-11-9-21(15-20(23)16-30-34)33-25(18-5-3-2-4-6-18)26(29(13-14-29)28(33)37)31-27(36)19-7-8-19/h2-6,9-12,15-17,19,25-26H,7-8,13-14H2,1H3,(H,31,36)/t25-,26-/m1/s1. The van der Waals surface area contributed by atoms with E-state index >= 15 is 0 Å². The Morgan fingerprint density at radius 1 is 1.00 bits per heavy atom. The Balaban J connectivity index is 1.31. The van der Waals surface area contributed by atoms with Gasteiger partial charge in [-0.1, -0.05) is 30.3 Å². The van der Waals surface area contributed by atoms with Crippen molar-refractivity contribution >= 4 is 28.4 Å². The van der Waals surface area contributed by atoms with E-state index in [0.717, 1.165) is 53.5 Å². The molecule has 1 N–H and O–H groups in total. The number of carbonyl (C=O) groups excluding carboxylic acids is 2. The number of pyridine rings is 1. The Kier molecular flexibility index (Phi) is 4.70. The fourth-order valence-electron chi connectivity index (χ4n) is 5.79. The van der Waals surface area contributed by atoms with Crippen molar-refractivity contribution in [2.45, 2.75) is 37.8 Å². The van der Waals surface area contributed by atoms with Crippen molar-refractivity contribution in [2.75, 3.05) is 4.90 Å². The molecule has 0 unspecified atom stereocenters. The van der Waals surface area contributed by atoms with Crippen molar-refractivity contribution in [3.05, 3.63) is 89.0 Å². The van der Waals surface area contributed by atoms with Gasteiger partial charge in [-0.3, -0.25) is 14.4 Å². The van der Waals surface area contributed by atoms with Crippen LogP contribution >= 0.6 is 0 Å². The van der Waals surface area contributed by atoms with Crippen LogP contribution in [0.2, 0.25) is 0 Å². The second-order valence-corrected chi connectivity index (χ2v) is 10.6. The lowest BCUT2D eigenvalue weighted by atomic mass is 9.91. The molecule has 186 valence electrons. The molecule has 1 aliphatic heterocycles. The Morgan fingerprint density at radius 2 is 1.76 bits per heavy atom. The lowest BCUT2D eigenvalue weighted by molar-refractivity contribution is -0.124. The lowest BCUT2D eigenvalue weighted by Crippen LogP contribution is -2.44. The van der Waals surface area contributed by atoms with Crippen LogP contribution in [0.3, 0.4) is 0 Å². The van der Waals surface area contributed by atoms with E-state index in [1.165, 1.54) is 10.6 Å². The lowest BCUT2D eigenvalue weighted by Gasteiger charge is -2.29. The Hall–Kier alpha value is -4.20. The van der Waals surface area contributed by atoms with Crippen LogP contribution in [0, 0.1) is 11.3 Å². The summed E-state index contributed by atoms with van der Waals surface area (Å²) in [5, 5.41) is 8.75. The van der Waals surface area contributed by atoms with Gasteiger partial charge in [0, 0.05) is 36.3 Å². The van der Waals surface area contributed by atoms with Crippen molar-refractivity contribution in [1.29, 1.82) is 0 Å². The van der Waals surface area contributed by atoms with Crippen molar-refractivity contribution in [3.8, 4) is 5.69 Å². The van der Waals surface area contributed by atoms with Crippen LogP contribution in [0.1, 0.15) is 37.3 Å². The maximum absolute atomic E-state index is 14.0. The molecular formula is C29H27N5O3. The molecule has 3 heterocycles. The van der Waals surface area contributed by atoms with E-state index in [-0.39, 0.29) is 35.4 Å². The van der Waals surface area contributed by atoms with Gasteiger partial charge in [-0.2, -0.15) is 5.10 Å². The van der Waals surface area contributed by atoms with Crippen LogP contribution in [0.5, 0.6) is 0 Å². The highest BCUT2D eigenvalue weighted by Gasteiger charge is 2.67. The van der Waals surface area contributed by atoms with Gasteiger partial charge in [-0.15, -0.1) is 0 Å². The normalized spacial score (nSPS) is 22.1. The summed E-state index contributed by atoms with van der Waals surface area (Å²) in [6.45, 7) is 0. The van der Waals surface area contributed by atoms with Crippen LogP contribution in [0.4, 0.5) is 5.69 Å². The molecule has 2 saturated carbocycles. The Morgan fingerprint density at radius 3 is 2.46 bits per heavy atom. The number of anilines is 1. The number of carbonyl (C=O) groups is 2. The molecule has 2 aromatic carbocycles. The second-order valence-electron chi connectivity index (χ2n) is 10.6. The van der Waals surface area contributed by atoms with Crippen LogP contribution < -0.4 is 15.8 Å². The van der Waals surface area contributed by atoms with Gasteiger partial charge in [0.2, 0.25) is 17.4 Å². The predicted octanol–water partition coefficient (Wildman–Crippen LogP) is 3.49. The second kappa shape index (κ2) is 7.90. The number of aryl methyl sites for hydroxylation is 1. The van der Waals surface area contributed by atoms with Gasteiger partial charge in [0.05, 0.1) is 34.9 Å². The van der Waals surface area contributed by atoms with E-state index in [4.69, 9.17) is 0 Å². The number of hydrogen-bond donors (Lipinski definition) is 1. The minimum Gasteiger partial charge on any atom is -0.350 e. The summed E-state index contributed by atoms with van der Waals surface area (Å²) in [6.07, 6.45) is 6.95. The topological polar surface area (TPSA) is 89.2 Å². The van der Waals surface area contributed by atoms with E-state index in [1.807, 2.05) is 53.4 Å². The molecule has 3 aliphatic rings. The van der Waals surface area contributed by atoms with Crippen LogP contribution in [0.15, 0.2) is 77.9 Å². The summed E-state index contributed by atoms with van der Waals surface area (Å²) < 4.78 is 3.32. The van der Waals surface area contributed by atoms with E-state index in [2.05, 4.69) is 10.4 Å². The molecular weight excluding hydrogens is 466 g/mol. The molecule has 2 aliphatic carbocycles. The number of fused-ring (bicyclic) bond motifs is 1. The number of amides is 2. The van der Waals surface area contributed by atoms with Gasteiger partial charge in [0.1, 0.15) is 0 Å². The Bertz CT molecular complexity index is 1610. The fourth-order valence-corrected chi connectivity index (χ4v) is 5.79. The minimum atomic E-state index is -0.543. The van der Waals surface area contributed by atoms with Gasteiger partial charge in [0.15, 0.2) is 0 Å². The molecule has 8 heteroatoms. The predicted molar refractivity (Wildman–Crippen MR) is 139 cm³/mol. The summed E-state index contributed by atoms with van der Waals surface area (Å²) in [5.74, 6) is 0.226. The molecule has 4 aromatic rings. The summed E-state index contributed by atoms with van der Waals surface area (Å²) in [6, 6.07) is 18.7. The number of nitrogens with zero attached hydrogens (tertiary/aromatic N) is 4. The number of benzene rings is 2. The van der Waals surface area contributed by atoms with Crippen LogP contribution in [-0.2, 0) is 16.6 Å². The average molecular weight is 494 g/mol. The van der Waals surface area contributed by atoms with Crippen molar-refractivity contribution in [2.24, 2.45) is 18.4 Å². The Labute approximate surface area is 213 Å². The van der Waals surface area contributed by atoms with E-state index in [9.17, 15) is 14.4 Å². The summed E-state index contributed by atoms with van der Waals surface area (Å²) >= 11 is 0. The van der Waals surface area contributed by atoms with Gasteiger partial charge < -0.3 is 14.8 Å². The molecule has 0 bridgehead atoms. The van der Waals surface area contributed by atoms with Gasteiger partial charge in [-0.05, 0) is 55.5 Å². The van der Waals surface area contributed by atoms with E-state index in [1.54, 1.807) is 30.2 Å². The van der Waals surface area contributed by atoms with Gasteiger partial charge in [0.25, 0.3) is 0 Å². The smallest absolute Gasteiger partial charge is 0.250 e. The zero-order valence-electron chi connectivity index (χ0n) is 20.5. The molecule has 7 rings (SSSR count). The summed E-state index contributed by atoms with van der Waals surface area (Å²) in [5.41, 5.74) is 2.84. The van der Waals surface area contributed by atoms with E-state index < -0.39 is 5.41 Å². The third kappa shape index (κ3) is 3.43. The number of nitrogens with one attached hydrogen (secondary N) is 1. The molecule has 1 spiro atoms. The number of rotatable bonds is 5. The van der Waals surface area contributed by atoms with Crippen molar-refractivity contribution in [1.82, 2.24) is 19.7 Å². The summed E-state index contributed by atoms with van der Waals surface area (Å²) in [4.78, 5) is 40.6. The van der Waals surface area contributed by atoms with Crippen LogP contribution in [-0.4, -0.2) is 32.2 Å². The van der Waals surface area contributed by atoms with Gasteiger partial charge in [-0.25, -0.2) is 4.68 Å². The zero-order chi connectivity index (χ0) is 25.3. The first-order chi connectivity index (χ1) is 18.0. The molecule has 3 fully saturated rings. The first-order valence-electron chi connectivity index (χ1n) is 12.8. The molecule has 2 aromatic heterocycles. The monoisotopic (exact) mass is 493 g/mol. The highest BCUT2D eigenvalue weighted by atomic mass is 16.2. The zero-order valence-corrected chi connectivity index (χ0v) is 20.5. The minimum absolute atomic E-state index is 0.0702. The first kappa shape index (κ1) is 22.0. The number of aromatic nitrogens is 3. The van der Waals surface area contributed by atoms with Crippen molar-refractivity contribution < 1.29 is 9.59 Å². The molecule has 1 saturated heterocycles. The SMILES string of the molecule is Cn1cc(-n2ncc3cc(N4C(=O)C5(CC5)[C@H](NC(=O)C5CC5)[C@H]4c4ccccc4)ccc32)ccc1=O. The third-order valence-electron chi connectivity index (χ3n) is 8.15. The molecule has 8 nitrogen and oxygen atoms in total. The fraction of sp³-hybridized carbons (Fsp3) is 0.310. The maximum atomic E-state index is 14.0. The summed E-state index contributed by atoms with van der Waals surface area (Å²) in [7, 11) is 1.71. The first-order valence-corrected chi connectivity index (χ1v) is 12.8. The quantitative estimate of drug-likeness (QED) is 0.461. The molecule has 0 radical (unpaired) electrons. The van der Waals surface area contributed by atoms with E-state index in [0.29, 0.717) is 0 Å². The third-order valence-corrected chi connectivity index (χ3v) is 8.15. The largest absolute Gasteiger partial charge is 0.350 e. The average Bonchev–Trinajstić information content (AvgIpc) is 3.84. The number of hydrogen-bond acceptors (Lipinski definition) is 4. The molecule has 37 heavy (non-hydrogen) atoms.